The van der Waals surface area contributed by atoms with E-state index in [2.05, 4.69) is 10.6 Å². The number of para-hydroxylation sites is 1. The van der Waals surface area contributed by atoms with Crippen molar-refractivity contribution < 1.29 is 9.90 Å². The SMILES string of the molecule is CCNC1=C(Nc2cccc(C)c2O)C(=O)C1. The zero-order valence-electron chi connectivity index (χ0n) is 10.0. The number of ketones is 1. The smallest absolute Gasteiger partial charge is 0.186 e. The number of hydrogen-bond donors (Lipinski definition) is 3. The van der Waals surface area contributed by atoms with Crippen LogP contribution in [0, 0.1) is 6.92 Å². The molecule has 0 saturated heterocycles. The lowest BCUT2D eigenvalue weighted by Gasteiger charge is -2.24. The van der Waals surface area contributed by atoms with E-state index in [1.165, 1.54) is 0 Å². The van der Waals surface area contributed by atoms with Crippen LogP contribution in [0.1, 0.15) is 18.9 Å². The summed E-state index contributed by atoms with van der Waals surface area (Å²) in [5, 5.41) is 16.0. The second-order valence-corrected chi connectivity index (χ2v) is 4.08. The monoisotopic (exact) mass is 232 g/mol. The number of carbonyl (C=O) groups is 1. The molecule has 1 aromatic carbocycles. The van der Waals surface area contributed by atoms with Gasteiger partial charge < -0.3 is 15.7 Å². The molecule has 0 unspecified atom stereocenters. The average molecular weight is 232 g/mol. The lowest BCUT2D eigenvalue weighted by Crippen LogP contribution is -2.32. The molecular formula is C13H16N2O2. The highest BCUT2D eigenvalue weighted by Crippen LogP contribution is 2.31. The summed E-state index contributed by atoms with van der Waals surface area (Å²) in [6, 6.07) is 5.42. The number of hydrogen-bond acceptors (Lipinski definition) is 4. The normalized spacial score (nSPS) is 14.6. The van der Waals surface area contributed by atoms with Gasteiger partial charge in [-0.05, 0) is 25.5 Å². The maximum absolute atomic E-state index is 11.5. The summed E-state index contributed by atoms with van der Waals surface area (Å²) in [5.41, 5.74) is 2.84. The Morgan fingerprint density at radius 2 is 2.18 bits per heavy atom. The van der Waals surface area contributed by atoms with Gasteiger partial charge in [0.1, 0.15) is 11.4 Å². The van der Waals surface area contributed by atoms with Crippen LogP contribution in [0.15, 0.2) is 29.6 Å². The highest BCUT2D eigenvalue weighted by atomic mass is 16.3. The standard InChI is InChI=1S/C13H16N2O2/c1-3-14-10-7-11(16)12(10)15-9-6-4-5-8(2)13(9)17/h4-6,14-15,17H,3,7H2,1-2H3. The maximum atomic E-state index is 11.5. The van der Waals surface area contributed by atoms with Crippen LogP contribution >= 0.6 is 0 Å². The third-order valence-electron chi connectivity index (χ3n) is 2.81. The Bertz CT molecular complexity index is 492. The van der Waals surface area contributed by atoms with Crippen molar-refractivity contribution in [3.05, 3.63) is 35.2 Å². The molecule has 3 N–H and O–H groups in total. The molecule has 0 amide bonds. The van der Waals surface area contributed by atoms with E-state index in [-0.39, 0.29) is 11.5 Å². The molecule has 17 heavy (non-hydrogen) atoms. The third kappa shape index (κ3) is 2.11. The summed E-state index contributed by atoms with van der Waals surface area (Å²) in [5.74, 6) is 0.261. The van der Waals surface area contributed by atoms with Gasteiger partial charge in [-0.2, -0.15) is 0 Å². The van der Waals surface area contributed by atoms with Crippen molar-refractivity contribution in [2.45, 2.75) is 20.3 Å². The lowest BCUT2D eigenvalue weighted by molar-refractivity contribution is -0.116. The van der Waals surface area contributed by atoms with Crippen molar-refractivity contribution in [1.82, 2.24) is 5.32 Å². The topological polar surface area (TPSA) is 61.4 Å². The first-order valence-electron chi connectivity index (χ1n) is 5.69. The van der Waals surface area contributed by atoms with Gasteiger partial charge >= 0.3 is 0 Å². The molecular weight excluding hydrogens is 216 g/mol. The van der Waals surface area contributed by atoms with E-state index in [0.29, 0.717) is 17.8 Å². The predicted molar refractivity (Wildman–Crippen MR) is 66.8 cm³/mol. The van der Waals surface area contributed by atoms with Gasteiger partial charge in [-0.15, -0.1) is 0 Å². The summed E-state index contributed by atoms with van der Waals surface area (Å²) in [4.78, 5) is 11.5. The molecule has 0 aliphatic heterocycles. The minimum absolute atomic E-state index is 0.0712. The van der Waals surface area contributed by atoms with Gasteiger partial charge in [0.05, 0.1) is 12.1 Å². The first-order chi connectivity index (χ1) is 8.13. The van der Waals surface area contributed by atoms with Crippen LogP contribution in [0.25, 0.3) is 0 Å². The highest BCUT2D eigenvalue weighted by Gasteiger charge is 2.27. The first-order valence-corrected chi connectivity index (χ1v) is 5.69. The fourth-order valence-corrected chi connectivity index (χ4v) is 1.80. The van der Waals surface area contributed by atoms with E-state index < -0.39 is 0 Å². The van der Waals surface area contributed by atoms with Gasteiger partial charge in [0.15, 0.2) is 5.78 Å². The Morgan fingerprint density at radius 1 is 1.41 bits per heavy atom. The van der Waals surface area contributed by atoms with E-state index >= 15 is 0 Å². The Labute approximate surface area is 100 Å². The summed E-state index contributed by atoms with van der Waals surface area (Å²) in [6.07, 6.45) is 0.447. The maximum Gasteiger partial charge on any atom is 0.186 e. The quantitative estimate of drug-likeness (QED) is 0.694. The number of nitrogens with one attached hydrogen (secondary N) is 2. The van der Waals surface area contributed by atoms with Crippen LogP contribution in [-0.4, -0.2) is 17.4 Å². The number of aryl methyl sites for hydroxylation is 1. The molecule has 0 fully saturated rings. The fourth-order valence-electron chi connectivity index (χ4n) is 1.80. The number of phenols is 1. The Balaban J connectivity index is 2.24. The molecule has 0 heterocycles. The largest absolute Gasteiger partial charge is 0.505 e. The van der Waals surface area contributed by atoms with Crippen LogP contribution in [0.2, 0.25) is 0 Å². The average Bonchev–Trinajstić information content (AvgIpc) is 2.31. The van der Waals surface area contributed by atoms with Crippen molar-refractivity contribution in [2.75, 3.05) is 11.9 Å². The van der Waals surface area contributed by atoms with Crippen molar-refractivity contribution in [3.63, 3.8) is 0 Å². The van der Waals surface area contributed by atoms with Gasteiger partial charge in [-0.1, -0.05) is 12.1 Å². The molecule has 0 radical (unpaired) electrons. The molecule has 1 aliphatic carbocycles. The van der Waals surface area contributed by atoms with E-state index in [4.69, 9.17) is 0 Å². The number of phenolic OH excluding ortho intramolecular Hbond substituents is 1. The second kappa shape index (κ2) is 4.49. The number of aromatic hydroxyl groups is 1. The molecule has 0 bridgehead atoms. The molecule has 0 saturated carbocycles. The summed E-state index contributed by atoms with van der Waals surface area (Å²) < 4.78 is 0. The molecule has 0 aromatic heterocycles. The Morgan fingerprint density at radius 3 is 2.82 bits per heavy atom. The molecule has 90 valence electrons. The molecule has 0 spiro atoms. The minimum Gasteiger partial charge on any atom is -0.505 e. The highest BCUT2D eigenvalue weighted by molar-refractivity contribution is 6.06. The van der Waals surface area contributed by atoms with Crippen LogP contribution in [-0.2, 0) is 4.79 Å². The van der Waals surface area contributed by atoms with Crippen LogP contribution in [0.3, 0.4) is 0 Å². The van der Waals surface area contributed by atoms with Crippen LogP contribution in [0.5, 0.6) is 5.75 Å². The molecule has 2 rings (SSSR count). The first kappa shape index (κ1) is 11.5. The number of allylic oxidation sites excluding steroid dienone is 2. The third-order valence-corrected chi connectivity index (χ3v) is 2.81. The van der Waals surface area contributed by atoms with Crippen molar-refractivity contribution >= 4 is 11.5 Å². The van der Waals surface area contributed by atoms with Crippen LogP contribution in [0.4, 0.5) is 5.69 Å². The number of Topliss-reactive ketones (excluding diaryl/α,β-unsaturated/α-hetero) is 1. The second-order valence-electron chi connectivity index (χ2n) is 4.08. The molecule has 4 heteroatoms. The van der Waals surface area contributed by atoms with Crippen molar-refractivity contribution in [3.8, 4) is 5.75 Å². The Kier molecular flexibility index (Phi) is 3.04. The molecule has 1 aliphatic rings. The minimum atomic E-state index is 0.0712. The summed E-state index contributed by atoms with van der Waals surface area (Å²) in [7, 11) is 0. The lowest BCUT2D eigenvalue weighted by atomic mass is 9.98. The Hall–Kier alpha value is -1.97. The van der Waals surface area contributed by atoms with Gasteiger partial charge in [0.2, 0.25) is 0 Å². The van der Waals surface area contributed by atoms with E-state index in [9.17, 15) is 9.90 Å². The summed E-state index contributed by atoms with van der Waals surface area (Å²) >= 11 is 0. The van der Waals surface area contributed by atoms with Gasteiger partial charge in [-0.25, -0.2) is 0 Å². The van der Waals surface area contributed by atoms with Gasteiger partial charge in [0.25, 0.3) is 0 Å². The molecule has 1 aromatic rings. The van der Waals surface area contributed by atoms with Crippen molar-refractivity contribution in [2.24, 2.45) is 0 Å². The zero-order chi connectivity index (χ0) is 12.4. The van der Waals surface area contributed by atoms with E-state index in [1.54, 1.807) is 6.07 Å². The van der Waals surface area contributed by atoms with E-state index in [0.717, 1.165) is 17.8 Å². The molecule has 4 nitrogen and oxygen atoms in total. The van der Waals surface area contributed by atoms with E-state index in [1.807, 2.05) is 26.0 Å². The molecule has 0 atom stereocenters. The zero-order valence-corrected chi connectivity index (χ0v) is 10.0. The van der Waals surface area contributed by atoms with Gasteiger partial charge in [0, 0.05) is 12.2 Å². The van der Waals surface area contributed by atoms with Crippen molar-refractivity contribution in [1.29, 1.82) is 0 Å². The predicted octanol–water partition coefficient (Wildman–Crippen LogP) is 1.91. The number of benzene rings is 1. The number of rotatable bonds is 4. The van der Waals surface area contributed by atoms with Gasteiger partial charge in [-0.3, -0.25) is 4.79 Å². The fraction of sp³-hybridized carbons (Fsp3) is 0.308. The van der Waals surface area contributed by atoms with Crippen LogP contribution < -0.4 is 10.6 Å². The summed E-state index contributed by atoms with van der Waals surface area (Å²) in [6.45, 7) is 4.59. The number of carbonyl (C=O) groups excluding carboxylic acids is 1. The number of anilines is 1.